The van der Waals surface area contributed by atoms with Crippen LogP contribution in [0.4, 0.5) is 0 Å². The lowest BCUT2D eigenvalue weighted by Gasteiger charge is -2.11. The van der Waals surface area contributed by atoms with Crippen LogP contribution in [0.1, 0.15) is 16.7 Å². The third kappa shape index (κ3) is 4.34. The van der Waals surface area contributed by atoms with Crippen molar-refractivity contribution in [1.29, 1.82) is 5.26 Å². The van der Waals surface area contributed by atoms with Crippen molar-refractivity contribution in [3.05, 3.63) is 94.5 Å². The lowest BCUT2D eigenvalue weighted by molar-refractivity contribution is 0.885. The zero-order valence-electron chi connectivity index (χ0n) is 15.7. The molecule has 6 heteroatoms. The molecule has 4 rings (SSSR count). The average Bonchev–Trinajstić information content (AvgIpc) is 3.17. The fourth-order valence-electron chi connectivity index (χ4n) is 2.90. The van der Waals surface area contributed by atoms with Gasteiger partial charge in [-0.05, 0) is 61.0 Å². The van der Waals surface area contributed by atoms with Crippen LogP contribution >= 0.6 is 23.4 Å². The summed E-state index contributed by atoms with van der Waals surface area (Å²) >= 11 is 7.66. The van der Waals surface area contributed by atoms with Gasteiger partial charge in [0.1, 0.15) is 0 Å². The minimum Gasteiger partial charge on any atom is -0.270 e. The Morgan fingerprint density at radius 1 is 0.931 bits per heavy atom. The van der Waals surface area contributed by atoms with Gasteiger partial charge in [-0.3, -0.25) is 4.57 Å². The molecule has 4 aromatic rings. The van der Waals surface area contributed by atoms with Crippen LogP contribution in [0.15, 0.2) is 78.0 Å². The Morgan fingerprint density at radius 3 is 2.28 bits per heavy atom. The molecule has 0 atom stereocenters. The first kappa shape index (κ1) is 19.3. The van der Waals surface area contributed by atoms with Crippen molar-refractivity contribution in [2.45, 2.75) is 17.8 Å². The van der Waals surface area contributed by atoms with E-state index in [4.69, 9.17) is 16.9 Å². The Bertz CT molecular complexity index is 1160. The van der Waals surface area contributed by atoms with Crippen molar-refractivity contribution in [2.24, 2.45) is 0 Å². The first-order chi connectivity index (χ1) is 14.1. The summed E-state index contributed by atoms with van der Waals surface area (Å²) in [4.78, 5) is 0. The first-order valence-corrected chi connectivity index (χ1v) is 10.4. The summed E-state index contributed by atoms with van der Waals surface area (Å²) in [5, 5.41) is 19.4. The minimum absolute atomic E-state index is 0.659. The number of benzene rings is 3. The number of halogens is 1. The van der Waals surface area contributed by atoms with Crippen LogP contribution in [0.2, 0.25) is 5.02 Å². The Balaban J connectivity index is 1.70. The van der Waals surface area contributed by atoms with E-state index in [1.165, 1.54) is 5.56 Å². The number of aryl methyl sites for hydroxylation is 1. The molecule has 0 aliphatic heterocycles. The third-order valence-electron chi connectivity index (χ3n) is 4.48. The van der Waals surface area contributed by atoms with Gasteiger partial charge in [0.15, 0.2) is 11.0 Å². The van der Waals surface area contributed by atoms with E-state index in [-0.39, 0.29) is 0 Å². The van der Waals surface area contributed by atoms with Crippen molar-refractivity contribution >= 4 is 23.4 Å². The van der Waals surface area contributed by atoms with Crippen LogP contribution in [0, 0.1) is 18.3 Å². The lowest BCUT2D eigenvalue weighted by Crippen LogP contribution is -2.00. The van der Waals surface area contributed by atoms with E-state index in [0.717, 1.165) is 33.5 Å². The summed E-state index contributed by atoms with van der Waals surface area (Å²) in [6.07, 6.45) is 0. The summed E-state index contributed by atoms with van der Waals surface area (Å²) in [6, 6.07) is 25.7. The lowest BCUT2D eigenvalue weighted by atomic mass is 10.2. The molecule has 4 nitrogen and oxygen atoms in total. The van der Waals surface area contributed by atoms with Crippen molar-refractivity contribution in [2.75, 3.05) is 0 Å². The van der Waals surface area contributed by atoms with Gasteiger partial charge in [0.2, 0.25) is 0 Å². The molecule has 0 aliphatic carbocycles. The van der Waals surface area contributed by atoms with Gasteiger partial charge in [-0.15, -0.1) is 10.2 Å². The minimum atomic E-state index is 0.659. The number of hydrogen-bond acceptors (Lipinski definition) is 4. The highest BCUT2D eigenvalue weighted by atomic mass is 35.5. The Hall–Kier alpha value is -3.07. The molecule has 0 amide bonds. The van der Waals surface area contributed by atoms with E-state index >= 15 is 0 Å². The second-order valence-electron chi connectivity index (χ2n) is 6.58. The maximum atomic E-state index is 8.96. The van der Waals surface area contributed by atoms with Crippen LogP contribution < -0.4 is 0 Å². The van der Waals surface area contributed by atoms with Crippen LogP contribution in [0.3, 0.4) is 0 Å². The normalized spacial score (nSPS) is 10.7. The Labute approximate surface area is 178 Å². The van der Waals surface area contributed by atoms with Crippen molar-refractivity contribution in [3.63, 3.8) is 0 Å². The smallest absolute Gasteiger partial charge is 0.196 e. The zero-order chi connectivity index (χ0) is 20.2. The van der Waals surface area contributed by atoms with Gasteiger partial charge in [-0.2, -0.15) is 5.26 Å². The molecule has 0 saturated carbocycles. The highest BCUT2D eigenvalue weighted by molar-refractivity contribution is 7.98. The Morgan fingerprint density at radius 2 is 1.62 bits per heavy atom. The van der Waals surface area contributed by atoms with Gasteiger partial charge in [-0.25, -0.2) is 0 Å². The molecular formula is C23H17ClN4S. The molecule has 0 fully saturated rings. The van der Waals surface area contributed by atoms with Gasteiger partial charge < -0.3 is 0 Å². The molecule has 0 spiro atoms. The number of nitriles is 1. The molecule has 0 aliphatic rings. The zero-order valence-corrected chi connectivity index (χ0v) is 17.3. The number of nitrogens with zero attached hydrogens (tertiary/aromatic N) is 4. The molecule has 0 N–H and O–H groups in total. The maximum Gasteiger partial charge on any atom is 0.196 e. The monoisotopic (exact) mass is 416 g/mol. The number of hydrogen-bond donors (Lipinski definition) is 0. The summed E-state index contributed by atoms with van der Waals surface area (Å²) < 4.78 is 2.07. The van der Waals surface area contributed by atoms with Gasteiger partial charge >= 0.3 is 0 Å². The van der Waals surface area contributed by atoms with Crippen molar-refractivity contribution in [1.82, 2.24) is 14.8 Å². The number of rotatable bonds is 5. The fraction of sp³-hybridized carbons (Fsp3) is 0.0870. The van der Waals surface area contributed by atoms with Gasteiger partial charge in [0.25, 0.3) is 0 Å². The highest BCUT2D eigenvalue weighted by Gasteiger charge is 2.16. The van der Waals surface area contributed by atoms with E-state index in [1.54, 1.807) is 11.8 Å². The van der Waals surface area contributed by atoms with Crippen LogP contribution in [-0.2, 0) is 5.75 Å². The summed E-state index contributed by atoms with van der Waals surface area (Å²) in [5.41, 5.74) is 4.94. The van der Waals surface area contributed by atoms with Crippen LogP contribution in [-0.4, -0.2) is 14.8 Å². The largest absolute Gasteiger partial charge is 0.270 e. The van der Waals surface area contributed by atoms with E-state index in [1.807, 2.05) is 48.5 Å². The number of thioether (sulfide) groups is 1. The summed E-state index contributed by atoms with van der Waals surface area (Å²) in [5.74, 6) is 1.50. The van der Waals surface area contributed by atoms with Crippen LogP contribution in [0.5, 0.6) is 0 Å². The molecule has 1 heterocycles. The second-order valence-corrected chi connectivity index (χ2v) is 7.96. The fourth-order valence-corrected chi connectivity index (χ4v) is 3.93. The second kappa shape index (κ2) is 8.52. The third-order valence-corrected chi connectivity index (χ3v) is 5.73. The summed E-state index contributed by atoms with van der Waals surface area (Å²) in [6.45, 7) is 2.07. The molecule has 0 saturated heterocycles. The molecule has 0 unspecified atom stereocenters. The summed E-state index contributed by atoms with van der Waals surface area (Å²) in [7, 11) is 0. The topological polar surface area (TPSA) is 54.5 Å². The molecule has 142 valence electrons. The average molecular weight is 417 g/mol. The maximum absolute atomic E-state index is 8.96. The molecule has 0 radical (unpaired) electrons. The predicted molar refractivity (Wildman–Crippen MR) is 117 cm³/mol. The number of aromatic nitrogens is 3. The first-order valence-electron chi connectivity index (χ1n) is 9.04. The predicted octanol–water partition coefficient (Wildman–Crippen LogP) is 6.06. The van der Waals surface area contributed by atoms with Gasteiger partial charge in [0, 0.05) is 22.0 Å². The quantitative estimate of drug-likeness (QED) is 0.371. The highest BCUT2D eigenvalue weighted by Crippen LogP contribution is 2.30. The molecule has 29 heavy (non-hydrogen) atoms. The van der Waals surface area contributed by atoms with E-state index < -0.39 is 0 Å². The van der Waals surface area contributed by atoms with E-state index in [2.05, 4.69) is 52.0 Å². The molecule has 0 bridgehead atoms. The SMILES string of the molecule is Cc1ccc(-n2c(SCc3ccc(C#N)cc3)nnc2-c2ccc(Cl)cc2)cc1. The van der Waals surface area contributed by atoms with E-state index in [0.29, 0.717) is 10.6 Å². The van der Waals surface area contributed by atoms with Gasteiger partial charge in [-0.1, -0.05) is 53.2 Å². The molecule has 3 aromatic carbocycles. The standard InChI is InChI=1S/C23H17ClN4S/c1-16-2-12-21(13-3-16)28-22(19-8-10-20(24)11-9-19)26-27-23(28)29-15-18-6-4-17(14-25)5-7-18/h2-13H,15H2,1H3. The van der Waals surface area contributed by atoms with Crippen molar-refractivity contribution in [3.8, 4) is 23.1 Å². The Kier molecular flexibility index (Phi) is 5.66. The van der Waals surface area contributed by atoms with E-state index in [9.17, 15) is 0 Å². The van der Waals surface area contributed by atoms with Gasteiger partial charge in [0.05, 0.1) is 11.6 Å². The molecular weight excluding hydrogens is 400 g/mol. The van der Waals surface area contributed by atoms with Crippen molar-refractivity contribution < 1.29 is 0 Å². The molecule has 1 aromatic heterocycles. The van der Waals surface area contributed by atoms with Crippen LogP contribution in [0.25, 0.3) is 17.1 Å².